The van der Waals surface area contributed by atoms with Gasteiger partial charge < -0.3 is 35.9 Å². The zero-order valence-electron chi connectivity index (χ0n) is 18.9. The van der Waals surface area contributed by atoms with Crippen LogP contribution in [0.5, 0.6) is 17.2 Å². The van der Waals surface area contributed by atoms with Crippen molar-refractivity contribution in [3.8, 4) is 17.2 Å². The van der Waals surface area contributed by atoms with Crippen molar-refractivity contribution in [1.29, 1.82) is 0 Å². The highest BCUT2D eigenvalue weighted by atomic mass is 32.2. The lowest BCUT2D eigenvalue weighted by molar-refractivity contribution is -0.125. The van der Waals surface area contributed by atoms with E-state index in [-0.39, 0.29) is 17.2 Å². The summed E-state index contributed by atoms with van der Waals surface area (Å²) in [7, 11) is 4.47. The molecule has 11 nitrogen and oxygen atoms in total. The van der Waals surface area contributed by atoms with E-state index in [0.717, 1.165) is 11.8 Å². The minimum absolute atomic E-state index is 0.0470. The molecule has 0 aromatic heterocycles. The van der Waals surface area contributed by atoms with Gasteiger partial charge in [-0.3, -0.25) is 19.7 Å². The fraction of sp³-hybridized carbons (Fsp3) is 0.318. The van der Waals surface area contributed by atoms with Crippen LogP contribution in [-0.4, -0.2) is 62.5 Å². The Morgan fingerprint density at radius 1 is 1.03 bits per heavy atom. The normalized spacial score (nSPS) is 19.5. The SMILES string of the molecule is COc1ccccc1NC(=O)CSC1NC(=O)C(NC(=O)c2ccc(OC)c(OC)c2)C(N)N1. The van der Waals surface area contributed by atoms with E-state index in [1.54, 1.807) is 36.4 Å². The molecular weight excluding hydrogens is 462 g/mol. The standard InChI is InChI=1S/C22H27N5O6S/c1-31-14-7-5-4-6-13(14)24-17(28)11-34-22-26-19(23)18(21(30)27-22)25-20(29)12-8-9-15(32-2)16(10-12)33-3/h4-10,18-19,22,26H,11,23H2,1-3H3,(H,24,28)(H,25,29)(H,27,30). The lowest BCUT2D eigenvalue weighted by atomic mass is 10.1. The maximum absolute atomic E-state index is 12.7. The predicted octanol–water partition coefficient (Wildman–Crippen LogP) is 0.471. The first kappa shape index (κ1) is 25.1. The number of nitrogens with two attached hydrogens (primary N) is 1. The molecular formula is C22H27N5O6S. The first-order valence-electron chi connectivity index (χ1n) is 10.3. The molecule has 3 unspecified atom stereocenters. The summed E-state index contributed by atoms with van der Waals surface area (Å²) in [6, 6.07) is 10.7. The molecule has 0 bridgehead atoms. The number of carbonyl (C=O) groups excluding carboxylic acids is 3. The number of anilines is 1. The average molecular weight is 490 g/mol. The third-order valence-electron chi connectivity index (χ3n) is 4.95. The molecule has 1 heterocycles. The van der Waals surface area contributed by atoms with Gasteiger partial charge in [0.05, 0.1) is 38.9 Å². The molecule has 3 amide bonds. The van der Waals surface area contributed by atoms with Crippen LogP contribution >= 0.6 is 11.8 Å². The van der Waals surface area contributed by atoms with Gasteiger partial charge in [-0.15, -0.1) is 11.8 Å². The molecule has 12 heteroatoms. The van der Waals surface area contributed by atoms with Crippen molar-refractivity contribution in [3.63, 3.8) is 0 Å². The lowest BCUT2D eigenvalue weighted by Crippen LogP contribution is -2.70. The molecule has 0 saturated carbocycles. The summed E-state index contributed by atoms with van der Waals surface area (Å²) in [6.45, 7) is 0. The van der Waals surface area contributed by atoms with Gasteiger partial charge in [-0.1, -0.05) is 12.1 Å². The zero-order valence-corrected chi connectivity index (χ0v) is 19.7. The number of hydrogen-bond donors (Lipinski definition) is 5. The molecule has 6 N–H and O–H groups in total. The van der Waals surface area contributed by atoms with E-state index in [2.05, 4.69) is 21.3 Å². The molecule has 1 fully saturated rings. The topological polar surface area (TPSA) is 153 Å². The van der Waals surface area contributed by atoms with E-state index in [4.69, 9.17) is 19.9 Å². The molecule has 3 atom stereocenters. The van der Waals surface area contributed by atoms with Gasteiger partial charge in [0.25, 0.3) is 5.91 Å². The largest absolute Gasteiger partial charge is 0.495 e. The Morgan fingerprint density at radius 3 is 2.41 bits per heavy atom. The molecule has 0 radical (unpaired) electrons. The van der Waals surface area contributed by atoms with Crippen molar-refractivity contribution >= 4 is 35.2 Å². The van der Waals surface area contributed by atoms with Gasteiger partial charge in [0, 0.05) is 5.56 Å². The van der Waals surface area contributed by atoms with Crippen LogP contribution in [0.2, 0.25) is 0 Å². The first-order chi connectivity index (χ1) is 16.4. The summed E-state index contributed by atoms with van der Waals surface area (Å²) in [5, 5.41) is 11.1. The maximum Gasteiger partial charge on any atom is 0.252 e. The summed E-state index contributed by atoms with van der Waals surface area (Å²) < 4.78 is 15.6. The number of amides is 3. The van der Waals surface area contributed by atoms with E-state index in [1.807, 2.05) is 0 Å². The number of methoxy groups -OCH3 is 3. The predicted molar refractivity (Wildman–Crippen MR) is 128 cm³/mol. The van der Waals surface area contributed by atoms with Gasteiger partial charge in [-0.05, 0) is 30.3 Å². The Balaban J connectivity index is 1.53. The average Bonchev–Trinajstić information content (AvgIpc) is 2.84. The van der Waals surface area contributed by atoms with E-state index < -0.39 is 29.5 Å². The highest BCUT2D eigenvalue weighted by Gasteiger charge is 2.35. The molecule has 1 saturated heterocycles. The highest BCUT2D eigenvalue weighted by molar-refractivity contribution is 8.00. The third-order valence-corrected chi connectivity index (χ3v) is 5.97. The van der Waals surface area contributed by atoms with Gasteiger partial charge in [-0.2, -0.15) is 0 Å². The second-order valence-electron chi connectivity index (χ2n) is 7.16. The van der Waals surface area contributed by atoms with Crippen LogP contribution in [-0.2, 0) is 9.59 Å². The number of carbonyl (C=O) groups is 3. The Labute approximate surface area is 201 Å². The summed E-state index contributed by atoms with van der Waals surface area (Å²) in [4.78, 5) is 37.6. The number of ether oxygens (including phenoxy) is 3. The molecule has 34 heavy (non-hydrogen) atoms. The fourth-order valence-electron chi connectivity index (χ4n) is 3.24. The van der Waals surface area contributed by atoms with Crippen LogP contribution < -0.4 is 41.2 Å². The molecule has 1 aliphatic rings. The first-order valence-corrected chi connectivity index (χ1v) is 11.3. The summed E-state index contributed by atoms with van der Waals surface area (Å²) in [5.41, 5.74) is 6.31. The van der Waals surface area contributed by atoms with E-state index in [1.165, 1.54) is 27.4 Å². The Kier molecular flexibility index (Phi) is 8.57. The van der Waals surface area contributed by atoms with Gasteiger partial charge in [0.15, 0.2) is 11.5 Å². The van der Waals surface area contributed by atoms with Crippen molar-refractivity contribution in [2.24, 2.45) is 5.73 Å². The van der Waals surface area contributed by atoms with E-state index >= 15 is 0 Å². The molecule has 182 valence electrons. The van der Waals surface area contributed by atoms with Crippen molar-refractivity contribution in [3.05, 3.63) is 48.0 Å². The number of benzene rings is 2. The number of hydrogen-bond acceptors (Lipinski definition) is 9. The van der Waals surface area contributed by atoms with Crippen LogP contribution in [0.3, 0.4) is 0 Å². The van der Waals surface area contributed by atoms with Crippen LogP contribution in [0.25, 0.3) is 0 Å². The molecule has 2 aromatic rings. The van der Waals surface area contributed by atoms with E-state index in [9.17, 15) is 14.4 Å². The van der Waals surface area contributed by atoms with E-state index in [0.29, 0.717) is 22.9 Å². The minimum Gasteiger partial charge on any atom is -0.495 e. The Bertz CT molecular complexity index is 1050. The molecule has 2 aromatic carbocycles. The molecule has 3 rings (SSSR count). The number of para-hydroxylation sites is 2. The molecule has 0 spiro atoms. The fourth-order valence-corrected chi connectivity index (χ4v) is 4.08. The minimum atomic E-state index is -1.01. The second kappa shape index (κ2) is 11.6. The van der Waals surface area contributed by atoms with Crippen LogP contribution in [0.4, 0.5) is 5.69 Å². The summed E-state index contributed by atoms with van der Waals surface area (Å²) in [5.74, 6) is 0.202. The van der Waals surface area contributed by atoms with Gasteiger partial charge in [0.2, 0.25) is 11.8 Å². The van der Waals surface area contributed by atoms with Gasteiger partial charge in [0.1, 0.15) is 17.3 Å². The maximum atomic E-state index is 12.7. The molecule has 1 aliphatic heterocycles. The number of nitrogens with one attached hydrogen (secondary N) is 4. The van der Waals surface area contributed by atoms with Gasteiger partial charge >= 0.3 is 0 Å². The summed E-state index contributed by atoms with van der Waals surface area (Å²) in [6.07, 6.45) is -0.868. The van der Waals surface area contributed by atoms with Crippen molar-refractivity contribution in [1.82, 2.24) is 16.0 Å². The number of rotatable bonds is 9. The van der Waals surface area contributed by atoms with Crippen LogP contribution in [0, 0.1) is 0 Å². The molecule has 0 aliphatic carbocycles. The van der Waals surface area contributed by atoms with Crippen molar-refractivity contribution < 1.29 is 28.6 Å². The second-order valence-corrected chi connectivity index (χ2v) is 8.25. The third kappa shape index (κ3) is 6.10. The monoisotopic (exact) mass is 489 g/mol. The van der Waals surface area contributed by atoms with Crippen LogP contribution in [0.1, 0.15) is 10.4 Å². The lowest BCUT2D eigenvalue weighted by Gasteiger charge is -2.35. The highest BCUT2D eigenvalue weighted by Crippen LogP contribution is 2.27. The van der Waals surface area contributed by atoms with Gasteiger partial charge in [-0.25, -0.2) is 0 Å². The number of thioether (sulfide) groups is 1. The smallest absolute Gasteiger partial charge is 0.252 e. The zero-order chi connectivity index (χ0) is 24.7. The van der Waals surface area contributed by atoms with Crippen molar-refractivity contribution in [2.75, 3.05) is 32.4 Å². The van der Waals surface area contributed by atoms with Crippen LogP contribution in [0.15, 0.2) is 42.5 Å². The summed E-state index contributed by atoms with van der Waals surface area (Å²) >= 11 is 1.15. The van der Waals surface area contributed by atoms with Crippen molar-refractivity contribution in [2.45, 2.75) is 17.7 Å². The Morgan fingerprint density at radius 2 is 1.74 bits per heavy atom. The Hall–Kier alpha value is -3.48. The quantitative estimate of drug-likeness (QED) is 0.338.